The van der Waals surface area contributed by atoms with Gasteiger partial charge in [-0.2, -0.15) is 0 Å². The molecule has 0 aliphatic heterocycles. The Morgan fingerprint density at radius 3 is 1.46 bits per heavy atom. The van der Waals surface area contributed by atoms with Gasteiger partial charge in [0.25, 0.3) is 0 Å². The summed E-state index contributed by atoms with van der Waals surface area (Å²) in [4.78, 5) is 2.38. The predicted molar refractivity (Wildman–Crippen MR) is 225 cm³/mol. The summed E-state index contributed by atoms with van der Waals surface area (Å²) in [6.45, 7) is 0. The van der Waals surface area contributed by atoms with Gasteiger partial charge < -0.3 is 4.90 Å². The average molecular weight is 680 g/mol. The number of fused-ring (bicyclic) bond motifs is 5. The smallest absolute Gasteiger partial charge is 0.0467 e. The van der Waals surface area contributed by atoms with Gasteiger partial charge in [-0.1, -0.05) is 158 Å². The van der Waals surface area contributed by atoms with Crippen molar-refractivity contribution in [3.05, 3.63) is 200 Å². The van der Waals surface area contributed by atoms with Crippen LogP contribution in [-0.4, -0.2) is 0 Å². The van der Waals surface area contributed by atoms with Gasteiger partial charge in [-0.25, -0.2) is 0 Å². The van der Waals surface area contributed by atoms with Crippen LogP contribution >= 0.6 is 11.3 Å². The minimum atomic E-state index is 1.11. The SMILES string of the molecule is c1cc(-c2cccc3ccccc23)cc(N(c2ccc(-c3cccc4ccccc34)cc2)c2ccc(-c3cccc4c3sc3ccccc34)cc2)c1. The molecule has 10 aromatic rings. The Morgan fingerprint density at radius 2 is 0.788 bits per heavy atom. The zero-order chi connectivity index (χ0) is 34.4. The zero-order valence-electron chi connectivity index (χ0n) is 28.4. The first-order valence-corrected chi connectivity index (χ1v) is 18.6. The van der Waals surface area contributed by atoms with Gasteiger partial charge in [0.1, 0.15) is 0 Å². The lowest BCUT2D eigenvalue weighted by Gasteiger charge is -2.26. The fraction of sp³-hybridized carbons (Fsp3) is 0. The largest absolute Gasteiger partial charge is 0.310 e. The topological polar surface area (TPSA) is 3.24 Å². The van der Waals surface area contributed by atoms with E-state index in [1.165, 1.54) is 75.1 Å². The van der Waals surface area contributed by atoms with E-state index in [1.807, 2.05) is 11.3 Å². The van der Waals surface area contributed by atoms with Gasteiger partial charge in [0, 0.05) is 37.2 Å². The highest BCUT2D eigenvalue weighted by atomic mass is 32.1. The zero-order valence-corrected chi connectivity index (χ0v) is 29.2. The second-order valence-corrected chi connectivity index (χ2v) is 14.4. The molecule has 0 bridgehead atoms. The molecule has 0 saturated heterocycles. The summed E-state index contributed by atoms with van der Waals surface area (Å²) in [6, 6.07) is 72.9. The number of rotatable bonds is 6. The summed E-state index contributed by atoms with van der Waals surface area (Å²) in [5, 5.41) is 7.66. The van der Waals surface area contributed by atoms with Crippen LogP contribution in [0, 0.1) is 0 Å². The molecular formula is C50H33NS. The summed E-state index contributed by atoms with van der Waals surface area (Å²) >= 11 is 1.88. The Bertz CT molecular complexity index is 2890. The van der Waals surface area contributed by atoms with Crippen molar-refractivity contribution in [3.8, 4) is 33.4 Å². The van der Waals surface area contributed by atoms with Crippen LogP contribution in [0.1, 0.15) is 0 Å². The fourth-order valence-corrected chi connectivity index (χ4v) is 9.01. The van der Waals surface area contributed by atoms with Crippen LogP contribution in [0.4, 0.5) is 17.1 Å². The molecule has 0 radical (unpaired) electrons. The molecule has 0 aliphatic rings. The van der Waals surface area contributed by atoms with Crippen LogP contribution in [0.5, 0.6) is 0 Å². The monoisotopic (exact) mass is 679 g/mol. The average Bonchev–Trinajstić information content (AvgIpc) is 3.60. The lowest BCUT2D eigenvalue weighted by Crippen LogP contribution is -2.10. The van der Waals surface area contributed by atoms with Crippen LogP contribution < -0.4 is 4.90 Å². The van der Waals surface area contributed by atoms with Gasteiger partial charge in [0.05, 0.1) is 0 Å². The highest BCUT2D eigenvalue weighted by molar-refractivity contribution is 7.26. The lowest BCUT2D eigenvalue weighted by atomic mass is 9.97. The van der Waals surface area contributed by atoms with Crippen molar-refractivity contribution in [2.45, 2.75) is 0 Å². The second-order valence-electron chi connectivity index (χ2n) is 13.3. The molecule has 1 aromatic heterocycles. The Morgan fingerprint density at radius 1 is 0.308 bits per heavy atom. The van der Waals surface area contributed by atoms with Crippen molar-refractivity contribution in [1.82, 2.24) is 0 Å². The summed E-state index contributed by atoms with van der Waals surface area (Å²) in [7, 11) is 0. The van der Waals surface area contributed by atoms with Crippen molar-refractivity contribution in [2.24, 2.45) is 0 Å². The van der Waals surface area contributed by atoms with E-state index in [-0.39, 0.29) is 0 Å². The van der Waals surface area contributed by atoms with Crippen LogP contribution in [0.25, 0.3) is 75.1 Å². The number of nitrogens with zero attached hydrogens (tertiary/aromatic N) is 1. The van der Waals surface area contributed by atoms with Crippen LogP contribution in [0.3, 0.4) is 0 Å². The standard InChI is InChI=1S/C50H33NS/c1-3-17-42-34(11-1)13-8-20-44(42)36-25-29-39(30-26-36)51(41-16-7-15-38(33-41)45-21-9-14-35-12-2-4-18-43(35)45)40-31-27-37(28-32-40)46-22-10-23-48-47-19-5-6-24-49(47)52-50(46)48/h1-33H. The maximum absolute atomic E-state index is 2.38. The molecule has 1 heterocycles. The second kappa shape index (κ2) is 12.7. The molecule has 2 heteroatoms. The maximum Gasteiger partial charge on any atom is 0.0467 e. The summed E-state index contributed by atoms with van der Waals surface area (Å²) in [5.74, 6) is 0. The minimum absolute atomic E-state index is 1.11. The van der Waals surface area contributed by atoms with E-state index in [4.69, 9.17) is 0 Å². The third-order valence-corrected chi connectivity index (χ3v) is 11.5. The van der Waals surface area contributed by atoms with E-state index in [2.05, 4.69) is 205 Å². The van der Waals surface area contributed by atoms with E-state index < -0.39 is 0 Å². The number of thiophene rings is 1. The number of hydrogen-bond acceptors (Lipinski definition) is 2. The molecule has 52 heavy (non-hydrogen) atoms. The molecule has 0 fully saturated rings. The summed E-state index contributed by atoms with van der Waals surface area (Å²) < 4.78 is 2.66. The highest BCUT2D eigenvalue weighted by Crippen LogP contribution is 2.43. The van der Waals surface area contributed by atoms with Gasteiger partial charge in [0.2, 0.25) is 0 Å². The Labute approximate surface area is 307 Å². The number of benzene rings is 9. The first kappa shape index (κ1) is 30.4. The molecule has 244 valence electrons. The normalized spacial score (nSPS) is 11.5. The molecule has 10 rings (SSSR count). The van der Waals surface area contributed by atoms with Gasteiger partial charge in [-0.3, -0.25) is 0 Å². The van der Waals surface area contributed by atoms with Gasteiger partial charge in [-0.15, -0.1) is 11.3 Å². The van der Waals surface area contributed by atoms with Crippen molar-refractivity contribution in [2.75, 3.05) is 4.90 Å². The molecule has 0 atom stereocenters. The molecule has 0 N–H and O–H groups in total. The number of anilines is 3. The molecule has 0 aliphatic carbocycles. The third kappa shape index (κ3) is 5.24. The Balaban J connectivity index is 1.09. The van der Waals surface area contributed by atoms with Crippen molar-refractivity contribution in [1.29, 1.82) is 0 Å². The molecule has 0 unspecified atom stereocenters. The third-order valence-electron chi connectivity index (χ3n) is 10.3. The Hall–Kier alpha value is -6.48. The summed E-state index contributed by atoms with van der Waals surface area (Å²) in [5.41, 5.74) is 10.7. The lowest BCUT2D eigenvalue weighted by molar-refractivity contribution is 1.28. The van der Waals surface area contributed by atoms with Crippen LogP contribution in [0.2, 0.25) is 0 Å². The first-order valence-electron chi connectivity index (χ1n) is 17.8. The van der Waals surface area contributed by atoms with E-state index in [0.29, 0.717) is 0 Å². The van der Waals surface area contributed by atoms with Crippen molar-refractivity contribution in [3.63, 3.8) is 0 Å². The highest BCUT2D eigenvalue weighted by Gasteiger charge is 2.16. The van der Waals surface area contributed by atoms with Gasteiger partial charge >= 0.3 is 0 Å². The fourth-order valence-electron chi connectivity index (χ4n) is 7.77. The summed E-state index contributed by atoms with van der Waals surface area (Å²) in [6.07, 6.45) is 0. The quantitative estimate of drug-likeness (QED) is 0.169. The van der Waals surface area contributed by atoms with Crippen LogP contribution in [-0.2, 0) is 0 Å². The number of hydrogen-bond donors (Lipinski definition) is 0. The molecule has 0 amide bonds. The molecule has 9 aromatic carbocycles. The molecular weight excluding hydrogens is 647 g/mol. The maximum atomic E-state index is 2.38. The first-order chi connectivity index (χ1) is 25.8. The molecule has 0 spiro atoms. The van der Waals surface area contributed by atoms with E-state index in [9.17, 15) is 0 Å². The van der Waals surface area contributed by atoms with Crippen molar-refractivity contribution < 1.29 is 0 Å². The predicted octanol–water partition coefficient (Wildman–Crippen LogP) is 14.8. The van der Waals surface area contributed by atoms with E-state index >= 15 is 0 Å². The van der Waals surface area contributed by atoms with Crippen molar-refractivity contribution >= 4 is 70.1 Å². The minimum Gasteiger partial charge on any atom is -0.310 e. The van der Waals surface area contributed by atoms with E-state index in [1.54, 1.807) is 0 Å². The van der Waals surface area contributed by atoms with Gasteiger partial charge in [-0.05, 0) is 97.4 Å². The Kier molecular flexibility index (Phi) is 7.41. The van der Waals surface area contributed by atoms with E-state index in [0.717, 1.165) is 17.1 Å². The molecule has 1 nitrogen and oxygen atoms in total. The molecule has 0 saturated carbocycles. The van der Waals surface area contributed by atoms with Crippen LogP contribution in [0.15, 0.2) is 200 Å². The van der Waals surface area contributed by atoms with Gasteiger partial charge in [0.15, 0.2) is 0 Å².